The maximum absolute atomic E-state index is 13.6. The molecule has 0 radical (unpaired) electrons. The van der Waals surface area contributed by atoms with Crippen molar-refractivity contribution in [3.8, 4) is 0 Å². The molecule has 0 bridgehead atoms. The van der Waals surface area contributed by atoms with Crippen LogP contribution < -0.4 is 0 Å². The fourth-order valence-electron chi connectivity index (χ4n) is 2.96. The molecular weight excluding hydrogens is 349 g/mol. The van der Waals surface area contributed by atoms with E-state index in [0.29, 0.717) is 12.1 Å². The molecule has 0 saturated carbocycles. The van der Waals surface area contributed by atoms with Crippen LogP contribution in [0, 0.1) is 19.7 Å². The summed E-state index contributed by atoms with van der Waals surface area (Å²) in [6.45, 7) is 3.88. The van der Waals surface area contributed by atoms with Gasteiger partial charge in [-0.2, -0.15) is 0 Å². The van der Waals surface area contributed by atoms with Gasteiger partial charge in [-0.3, -0.25) is 9.59 Å². The van der Waals surface area contributed by atoms with Gasteiger partial charge < -0.3 is 13.7 Å². The van der Waals surface area contributed by atoms with Gasteiger partial charge in [-0.15, -0.1) is 0 Å². The van der Waals surface area contributed by atoms with E-state index in [1.54, 1.807) is 24.5 Å². The zero-order chi connectivity index (χ0) is 19.4. The first-order chi connectivity index (χ1) is 13.0. The van der Waals surface area contributed by atoms with Crippen molar-refractivity contribution in [2.24, 2.45) is 0 Å². The van der Waals surface area contributed by atoms with Crippen molar-refractivity contribution in [3.63, 3.8) is 0 Å². The van der Waals surface area contributed by atoms with E-state index in [0.717, 1.165) is 17.1 Å². The number of rotatable bonds is 7. The Morgan fingerprint density at radius 3 is 2.63 bits per heavy atom. The highest BCUT2D eigenvalue weighted by Crippen LogP contribution is 2.18. The second kappa shape index (κ2) is 8.03. The summed E-state index contributed by atoms with van der Waals surface area (Å²) in [7, 11) is 0. The maximum Gasteiger partial charge on any atom is 0.310 e. The minimum atomic E-state index is -0.641. The van der Waals surface area contributed by atoms with Crippen LogP contribution in [-0.4, -0.2) is 22.9 Å². The van der Waals surface area contributed by atoms with E-state index in [1.807, 2.05) is 30.5 Å². The molecule has 0 saturated heterocycles. The molecule has 140 valence electrons. The number of aryl methyl sites for hydroxylation is 1. The third-order valence-corrected chi connectivity index (χ3v) is 4.42. The van der Waals surface area contributed by atoms with Gasteiger partial charge in [0.2, 0.25) is 5.78 Å². The molecule has 5 nitrogen and oxygen atoms in total. The number of ketones is 1. The van der Waals surface area contributed by atoms with E-state index in [-0.39, 0.29) is 24.4 Å². The Labute approximate surface area is 156 Å². The minimum absolute atomic E-state index is 0.211. The number of hydrogen-bond acceptors (Lipinski definition) is 4. The van der Waals surface area contributed by atoms with Crippen molar-refractivity contribution in [1.82, 2.24) is 4.57 Å². The number of carbonyl (C=O) groups is 2. The van der Waals surface area contributed by atoms with Gasteiger partial charge in [-0.1, -0.05) is 18.2 Å². The lowest BCUT2D eigenvalue weighted by atomic mass is 10.1. The van der Waals surface area contributed by atoms with E-state index in [1.165, 1.54) is 12.1 Å². The highest BCUT2D eigenvalue weighted by molar-refractivity contribution is 5.99. The van der Waals surface area contributed by atoms with E-state index < -0.39 is 11.8 Å². The Morgan fingerprint density at radius 2 is 1.93 bits per heavy atom. The number of esters is 1. The molecule has 0 unspecified atom stereocenters. The second-order valence-corrected chi connectivity index (χ2v) is 6.30. The van der Waals surface area contributed by atoms with Crippen LogP contribution in [0.4, 0.5) is 4.39 Å². The highest BCUT2D eigenvalue weighted by Gasteiger charge is 2.18. The molecule has 0 fully saturated rings. The van der Waals surface area contributed by atoms with Gasteiger partial charge in [0.25, 0.3) is 0 Å². The molecule has 2 heterocycles. The number of carbonyl (C=O) groups excluding carboxylic acids is 2. The molecule has 1 aromatic carbocycles. The number of Topliss-reactive ketones (excluding diaryl/α,β-unsaturated/α-hetero) is 1. The van der Waals surface area contributed by atoms with Crippen LogP contribution in [-0.2, 0) is 22.5 Å². The molecule has 0 atom stereocenters. The van der Waals surface area contributed by atoms with Crippen molar-refractivity contribution in [2.75, 3.05) is 6.61 Å². The standard InChI is InChI=1S/C21H20FNO4/c1-14-10-18(15(2)23(14)12-17-7-5-9-26-17)20(24)13-27-21(25)11-16-6-3-4-8-19(16)22/h3-10H,11-13H2,1-2H3. The van der Waals surface area contributed by atoms with Crippen LogP contribution in [0.1, 0.15) is 33.1 Å². The summed E-state index contributed by atoms with van der Waals surface area (Å²) in [6.07, 6.45) is 1.39. The van der Waals surface area contributed by atoms with Crippen molar-refractivity contribution in [1.29, 1.82) is 0 Å². The normalized spacial score (nSPS) is 10.8. The third-order valence-electron chi connectivity index (χ3n) is 4.42. The molecule has 3 rings (SSSR count). The quantitative estimate of drug-likeness (QED) is 0.469. The fraction of sp³-hybridized carbons (Fsp3) is 0.238. The average Bonchev–Trinajstić information content (AvgIpc) is 3.25. The number of aromatic nitrogens is 1. The number of nitrogens with zero attached hydrogens (tertiary/aromatic N) is 1. The topological polar surface area (TPSA) is 61.4 Å². The van der Waals surface area contributed by atoms with E-state index in [9.17, 15) is 14.0 Å². The van der Waals surface area contributed by atoms with Gasteiger partial charge in [0.1, 0.15) is 11.6 Å². The van der Waals surface area contributed by atoms with Crippen LogP contribution in [0.25, 0.3) is 0 Å². The predicted molar refractivity (Wildman–Crippen MR) is 97.1 cm³/mol. The third kappa shape index (κ3) is 4.34. The maximum atomic E-state index is 13.6. The smallest absolute Gasteiger partial charge is 0.310 e. The molecule has 0 spiro atoms. The second-order valence-electron chi connectivity index (χ2n) is 6.30. The summed E-state index contributed by atoms with van der Waals surface area (Å²) >= 11 is 0. The number of ether oxygens (including phenoxy) is 1. The fourth-order valence-corrected chi connectivity index (χ4v) is 2.96. The van der Waals surface area contributed by atoms with E-state index >= 15 is 0 Å². The van der Waals surface area contributed by atoms with Crippen molar-refractivity contribution in [3.05, 3.63) is 82.8 Å². The Balaban J connectivity index is 1.63. The van der Waals surface area contributed by atoms with Crippen LogP contribution in [0.15, 0.2) is 53.1 Å². The van der Waals surface area contributed by atoms with Crippen LogP contribution in [0.5, 0.6) is 0 Å². The molecule has 2 aromatic heterocycles. The molecular formula is C21H20FNO4. The summed E-state index contributed by atoms with van der Waals surface area (Å²) in [5.41, 5.74) is 2.42. The summed E-state index contributed by atoms with van der Waals surface area (Å²) in [5.74, 6) is -0.622. The Kier molecular flexibility index (Phi) is 5.54. The number of halogens is 1. The molecule has 0 N–H and O–H groups in total. The van der Waals surface area contributed by atoms with Crippen LogP contribution in [0.3, 0.4) is 0 Å². The number of hydrogen-bond donors (Lipinski definition) is 0. The molecule has 27 heavy (non-hydrogen) atoms. The lowest BCUT2D eigenvalue weighted by Crippen LogP contribution is -2.16. The Hall–Kier alpha value is -3.15. The summed E-state index contributed by atoms with van der Waals surface area (Å²) in [5, 5.41) is 0. The monoisotopic (exact) mass is 369 g/mol. The van der Waals surface area contributed by atoms with E-state index in [4.69, 9.17) is 9.15 Å². The number of benzene rings is 1. The Bertz CT molecular complexity index is 957. The van der Waals surface area contributed by atoms with Gasteiger partial charge in [-0.25, -0.2) is 4.39 Å². The molecule has 0 aliphatic carbocycles. The van der Waals surface area contributed by atoms with Gasteiger partial charge in [0.05, 0.1) is 19.2 Å². The first kappa shape index (κ1) is 18.6. The van der Waals surface area contributed by atoms with Gasteiger partial charge in [0, 0.05) is 17.0 Å². The number of furan rings is 1. The largest absolute Gasteiger partial charge is 0.467 e. The minimum Gasteiger partial charge on any atom is -0.467 e. The molecule has 0 amide bonds. The first-order valence-electron chi connectivity index (χ1n) is 8.57. The van der Waals surface area contributed by atoms with Crippen LogP contribution in [0.2, 0.25) is 0 Å². The van der Waals surface area contributed by atoms with Gasteiger partial charge >= 0.3 is 5.97 Å². The van der Waals surface area contributed by atoms with Crippen LogP contribution >= 0.6 is 0 Å². The molecule has 0 aliphatic rings. The molecule has 3 aromatic rings. The summed E-state index contributed by atoms with van der Waals surface area (Å²) < 4.78 is 26.0. The van der Waals surface area contributed by atoms with E-state index in [2.05, 4.69) is 0 Å². The lowest BCUT2D eigenvalue weighted by molar-refractivity contribution is -0.141. The van der Waals surface area contributed by atoms with Crippen molar-refractivity contribution >= 4 is 11.8 Å². The van der Waals surface area contributed by atoms with Gasteiger partial charge in [-0.05, 0) is 43.7 Å². The zero-order valence-corrected chi connectivity index (χ0v) is 15.2. The molecule has 0 aliphatic heterocycles. The zero-order valence-electron chi connectivity index (χ0n) is 15.2. The first-order valence-corrected chi connectivity index (χ1v) is 8.57. The van der Waals surface area contributed by atoms with Gasteiger partial charge in [0.15, 0.2) is 6.61 Å². The van der Waals surface area contributed by atoms with Crippen molar-refractivity contribution < 1.29 is 23.1 Å². The lowest BCUT2D eigenvalue weighted by Gasteiger charge is -2.08. The summed E-state index contributed by atoms with van der Waals surface area (Å²) in [6, 6.07) is 11.4. The summed E-state index contributed by atoms with van der Waals surface area (Å²) in [4.78, 5) is 24.4. The SMILES string of the molecule is Cc1cc(C(=O)COC(=O)Cc2ccccc2F)c(C)n1Cc1ccco1. The predicted octanol–water partition coefficient (Wildman–Crippen LogP) is 3.85. The average molecular weight is 369 g/mol. The molecule has 6 heteroatoms. The highest BCUT2D eigenvalue weighted by atomic mass is 19.1. The Morgan fingerprint density at radius 1 is 1.15 bits per heavy atom. The van der Waals surface area contributed by atoms with Crippen molar-refractivity contribution in [2.45, 2.75) is 26.8 Å².